The summed E-state index contributed by atoms with van der Waals surface area (Å²) in [5, 5.41) is 0. The molecule has 1 aromatic heterocycles. The van der Waals surface area contributed by atoms with E-state index in [9.17, 15) is 4.79 Å². The van der Waals surface area contributed by atoms with Crippen LogP contribution in [-0.4, -0.2) is 6.29 Å². The first kappa shape index (κ1) is 12.4. The van der Waals surface area contributed by atoms with Crippen LogP contribution in [0, 0.1) is 0 Å². The summed E-state index contributed by atoms with van der Waals surface area (Å²) < 4.78 is 1.16. The number of aldehydes is 1. The molecule has 0 radical (unpaired) electrons. The zero-order valence-electron chi connectivity index (χ0n) is 9.84. The van der Waals surface area contributed by atoms with Crippen molar-refractivity contribution in [2.45, 2.75) is 28.9 Å². The Bertz CT molecular complexity index is 497. The van der Waals surface area contributed by atoms with E-state index in [1.54, 1.807) is 11.8 Å². The molecule has 0 bridgehead atoms. The second-order valence-corrected chi connectivity index (χ2v) is 6.59. The highest BCUT2D eigenvalue weighted by Crippen LogP contribution is 2.33. The molecule has 0 amide bonds. The molecule has 2 rings (SSSR count). The Morgan fingerprint density at radius 1 is 1.12 bits per heavy atom. The van der Waals surface area contributed by atoms with Crippen molar-refractivity contribution in [1.82, 2.24) is 0 Å². The Hall–Kier alpha value is -1.06. The zero-order chi connectivity index (χ0) is 12.3. The van der Waals surface area contributed by atoms with Gasteiger partial charge in [-0.1, -0.05) is 37.7 Å². The highest BCUT2D eigenvalue weighted by Gasteiger charge is 2.03. The highest BCUT2D eigenvalue weighted by atomic mass is 32.2. The number of carbonyl (C=O) groups is 1. The molecule has 2 aromatic rings. The average molecular weight is 262 g/mol. The van der Waals surface area contributed by atoms with E-state index in [4.69, 9.17) is 0 Å². The van der Waals surface area contributed by atoms with Crippen LogP contribution in [0.2, 0.25) is 0 Å². The molecule has 0 atom stereocenters. The SMILES string of the molecule is CC(C)c1ccc(Sc2ccc(C=O)s2)cc1. The van der Waals surface area contributed by atoms with Crippen LogP contribution in [-0.2, 0) is 0 Å². The number of rotatable bonds is 4. The van der Waals surface area contributed by atoms with Crippen LogP contribution in [0.3, 0.4) is 0 Å². The van der Waals surface area contributed by atoms with E-state index in [0.717, 1.165) is 15.4 Å². The van der Waals surface area contributed by atoms with E-state index in [1.165, 1.54) is 21.8 Å². The molecule has 0 fully saturated rings. The highest BCUT2D eigenvalue weighted by molar-refractivity contribution is 8.01. The molecule has 1 aromatic carbocycles. The Morgan fingerprint density at radius 2 is 1.82 bits per heavy atom. The van der Waals surface area contributed by atoms with Gasteiger partial charge in [-0.05, 0) is 35.7 Å². The largest absolute Gasteiger partial charge is 0.297 e. The molecular formula is C14H14OS2. The summed E-state index contributed by atoms with van der Waals surface area (Å²) in [5.41, 5.74) is 1.36. The summed E-state index contributed by atoms with van der Waals surface area (Å²) in [5.74, 6) is 0.567. The first-order chi connectivity index (χ1) is 8.19. The molecule has 3 heteroatoms. The van der Waals surface area contributed by atoms with Crippen LogP contribution in [0.1, 0.15) is 35.0 Å². The average Bonchev–Trinajstić information content (AvgIpc) is 2.77. The number of hydrogen-bond donors (Lipinski definition) is 0. The maximum absolute atomic E-state index is 10.6. The second kappa shape index (κ2) is 5.52. The van der Waals surface area contributed by atoms with Crippen molar-refractivity contribution in [1.29, 1.82) is 0 Å². The van der Waals surface area contributed by atoms with Gasteiger partial charge >= 0.3 is 0 Å². The fourth-order valence-electron chi connectivity index (χ4n) is 1.49. The number of carbonyl (C=O) groups excluding carboxylic acids is 1. The molecule has 0 saturated carbocycles. The van der Waals surface area contributed by atoms with Gasteiger partial charge in [0.1, 0.15) is 0 Å². The van der Waals surface area contributed by atoms with Gasteiger partial charge in [-0.25, -0.2) is 0 Å². The van der Waals surface area contributed by atoms with Crippen molar-refractivity contribution in [3.8, 4) is 0 Å². The molecule has 0 aliphatic rings. The molecule has 0 aliphatic carbocycles. The number of thiophene rings is 1. The van der Waals surface area contributed by atoms with E-state index in [0.29, 0.717) is 5.92 Å². The molecular weight excluding hydrogens is 248 g/mol. The van der Waals surface area contributed by atoms with E-state index < -0.39 is 0 Å². The number of hydrogen-bond acceptors (Lipinski definition) is 3. The molecule has 17 heavy (non-hydrogen) atoms. The zero-order valence-corrected chi connectivity index (χ0v) is 11.5. The van der Waals surface area contributed by atoms with Gasteiger partial charge in [0, 0.05) is 4.90 Å². The summed E-state index contributed by atoms with van der Waals surface area (Å²) in [6, 6.07) is 12.5. The third kappa shape index (κ3) is 3.20. The lowest BCUT2D eigenvalue weighted by atomic mass is 10.0. The second-order valence-electron chi connectivity index (χ2n) is 4.10. The molecule has 1 heterocycles. The van der Waals surface area contributed by atoms with Gasteiger partial charge in [0.25, 0.3) is 0 Å². The third-order valence-corrected chi connectivity index (χ3v) is 4.63. The van der Waals surface area contributed by atoms with Gasteiger partial charge in [-0.3, -0.25) is 4.79 Å². The standard InChI is InChI=1S/C14H14OS2/c1-10(2)11-3-5-12(6-4-11)16-14-8-7-13(9-15)17-14/h3-10H,1-2H3. The Balaban J connectivity index is 2.10. The molecule has 0 unspecified atom stereocenters. The van der Waals surface area contributed by atoms with Crippen molar-refractivity contribution in [3.63, 3.8) is 0 Å². The van der Waals surface area contributed by atoms with Gasteiger partial charge in [-0.15, -0.1) is 11.3 Å². The van der Waals surface area contributed by atoms with Crippen LogP contribution < -0.4 is 0 Å². The van der Waals surface area contributed by atoms with E-state index in [1.807, 2.05) is 12.1 Å². The van der Waals surface area contributed by atoms with Crippen LogP contribution >= 0.6 is 23.1 Å². The summed E-state index contributed by atoms with van der Waals surface area (Å²) >= 11 is 3.24. The first-order valence-electron chi connectivity index (χ1n) is 5.52. The third-order valence-electron chi connectivity index (χ3n) is 2.48. The molecule has 1 nitrogen and oxygen atoms in total. The Morgan fingerprint density at radius 3 is 2.35 bits per heavy atom. The molecule has 0 saturated heterocycles. The normalized spacial score (nSPS) is 10.8. The lowest BCUT2D eigenvalue weighted by Crippen LogP contribution is -1.85. The van der Waals surface area contributed by atoms with E-state index in [2.05, 4.69) is 38.1 Å². The van der Waals surface area contributed by atoms with Crippen LogP contribution in [0.5, 0.6) is 0 Å². The van der Waals surface area contributed by atoms with Crippen LogP contribution in [0.15, 0.2) is 45.5 Å². The molecule has 88 valence electrons. The van der Waals surface area contributed by atoms with Gasteiger partial charge < -0.3 is 0 Å². The maximum Gasteiger partial charge on any atom is 0.160 e. The number of benzene rings is 1. The molecule has 0 spiro atoms. The van der Waals surface area contributed by atoms with Crippen molar-refractivity contribution in [2.24, 2.45) is 0 Å². The minimum atomic E-state index is 0.567. The van der Waals surface area contributed by atoms with Crippen molar-refractivity contribution in [3.05, 3.63) is 46.8 Å². The summed E-state index contributed by atoms with van der Waals surface area (Å²) in [6.07, 6.45) is 0.899. The monoisotopic (exact) mass is 262 g/mol. The molecule has 0 N–H and O–H groups in total. The minimum Gasteiger partial charge on any atom is -0.297 e. The summed E-state index contributed by atoms with van der Waals surface area (Å²) in [6.45, 7) is 4.38. The van der Waals surface area contributed by atoms with Crippen molar-refractivity contribution in [2.75, 3.05) is 0 Å². The van der Waals surface area contributed by atoms with Gasteiger partial charge in [0.2, 0.25) is 0 Å². The van der Waals surface area contributed by atoms with E-state index in [-0.39, 0.29) is 0 Å². The summed E-state index contributed by atoms with van der Waals surface area (Å²) in [7, 11) is 0. The van der Waals surface area contributed by atoms with Gasteiger partial charge in [-0.2, -0.15) is 0 Å². The predicted octanol–water partition coefficient (Wildman–Crippen LogP) is 4.84. The first-order valence-corrected chi connectivity index (χ1v) is 7.15. The lowest BCUT2D eigenvalue weighted by Gasteiger charge is -2.05. The topological polar surface area (TPSA) is 17.1 Å². The quantitative estimate of drug-likeness (QED) is 0.734. The predicted molar refractivity (Wildman–Crippen MR) is 74.4 cm³/mol. The van der Waals surface area contributed by atoms with Crippen LogP contribution in [0.25, 0.3) is 0 Å². The Kier molecular flexibility index (Phi) is 4.02. The van der Waals surface area contributed by atoms with Gasteiger partial charge in [0.15, 0.2) is 6.29 Å². The fraction of sp³-hybridized carbons (Fsp3) is 0.214. The summed E-state index contributed by atoms with van der Waals surface area (Å²) in [4.78, 5) is 12.6. The maximum atomic E-state index is 10.6. The van der Waals surface area contributed by atoms with Gasteiger partial charge in [0.05, 0.1) is 9.09 Å². The fourth-order valence-corrected chi connectivity index (χ4v) is 3.43. The van der Waals surface area contributed by atoms with Crippen molar-refractivity contribution < 1.29 is 4.79 Å². The lowest BCUT2D eigenvalue weighted by molar-refractivity contribution is 0.112. The van der Waals surface area contributed by atoms with Crippen LogP contribution in [0.4, 0.5) is 0 Å². The van der Waals surface area contributed by atoms with Crippen molar-refractivity contribution >= 4 is 29.4 Å². The minimum absolute atomic E-state index is 0.567. The Labute approximate surface area is 110 Å². The smallest absolute Gasteiger partial charge is 0.160 e. The molecule has 0 aliphatic heterocycles. The van der Waals surface area contributed by atoms with E-state index >= 15 is 0 Å².